The molecule has 4 aromatic carbocycles. The summed E-state index contributed by atoms with van der Waals surface area (Å²) in [6, 6.07) is 15.2. The second-order valence-corrected chi connectivity index (χ2v) is 9.42. The van der Waals surface area contributed by atoms with Gasteiger partial charge in [0.2, 0.25) is 0 Å². The zero-order chi connectivity index (χ0) is 29.6. The highest BCUT2D eigenvalue weighted by molar-refractivity contribution is 9.10. The molecule has 210 valence electrons. The molecule has 0 aromatic heterocycles. The van der Waals surface area contributed by atoms with E-state index in [1.165, 1.54) is 17.7 Å². The van der Waals surface area contributed by atoms with E-state index in [1.54, 1.807) is 12.1 Å². The Labute approximate surface area is 234 Å². The van der Waals surface area contributed by atoms with Crippen molar-refractivity contribution in [1.29, 1.82) is 0 Å². The second kappa shape index (κ2) is 13.3. The Bertz CT molecular complexity index is 1400. The number of alkyl halides is 2. The summed E-state index contributed by atoms with van der Waals surface area (Å²) in [5, 5.41) is 17.8. The fourth-order valence-electron chi connectivity index (χ4n) is 3.59. The molecule has 0 fully saturated rings. The molecular formula is C28H21BBrF7O3. The SMILES string of the molecule is CCCc1ccc(-c2cc(F)c(B(O)O)c(F)c2)cc1.Fc1cc(OC(F)(F)c2ccc(Br)cc2)cc(F)c1F. The van der Waals surface area contributed by atoms with Crippen molar-refractivity contribution in [3.8, 4) is 16.9 Å². The van der Waals surface area contributed by atoms with Crippen LogP contribution in [0.2, 0.25) is 0 Å². The molecular weight excluding hydrogens is 608 g/mol. The lowest BCUT2D eigenvalue weighted by atomic mass is 9.78. The average molecular weight is 629 g/mol. The summed E-state index contributed by atoms with van der Waals surface area (Å²) in [6.45, 7) is 2.08. The lowest BCUT2D eigenvalue weighted by Gasteiger charge is -2.18. The third-order valence-corrected chi connectivity index (χ3v) is 6.08. The molecule has 0 aliphatic carbocycles. The van der Waals surface area contributed by atoms with Gasteiger partial charge in [-0.15, -0.1) is 0 Å². The van der Waals surface area contributed by atoms with E-state index < -0.39 is 59.1 Å². The van der Waals surface area contributed by atoms with Crippen molar-refractivity contribution in [2.24, 2.45) is 0 Å². The average Bonchev–Trinajstić information content (AvgIpc) is 2.87. The van der Waals surface area contributed by atoms with Gasteiger partial charge in [0.1, 0.15) is 17.4 Å². The van der Waals surface area contributed by atoms with Crippen LogP contribution in [0.25, 0.3) is 11.1 Å². The third-order valence-electron chi connectivity index (χ3n) is 5.55. The predicted molar refractivity (Wildman–Crippen MR) is 141 cm³/mol. The molecule has 12 heteroatoms. The minimum atomic E-state index is -3.81. The monoisotopic (exact) mass is 628 g/mol. The van der Waals surface area contributed by atoms with Gasteiger partial charge in [-0.3, -0.25) is 0 Å². The number of hydrogen-bond acceptors (Lipinski definition) is 3. The van der Waals surface area contributed by atoms with E-state index in [0.717, 1.165) is 37.1 Å². The Morgan fingerprint density at radius 2 is 1.27 bits per heavy atom. The first-order chi connectivity index (χ1) is 18.8. The van der Waals surface area contributed by atoms with E-state index in [0.29, 0.717) is 27.7 Å². The van der Waals surface area contributed by atoms with Gasteiger partial charge in [0.15, 0.2) is 17.5 Å². The quantitative estimate of drug-likeness (QED) is 0.129. The van der Waals surface area contributed by atoms with Crippen LogP contribution in [-0.2, 0) is 12.5 Å². The van der Waals surface area contributed by atoms with Gasteiger partial charge in [0.05, 0.1) is 11.0 Å². The molecule has 0 unspecified atom stereocenters. The standard InChI is InChI=1S/C15H15BF2O2.C13H6BrF5O/c1-2-3-10-4-6-11(7-5-10)12-8-13(17)15(16(19)20)14(18)9-12;14-8-3-1-7(2-4-8)13(18,19)20-9-5-10(15)12(17)11(16)6-9/h4-9,19-20H,2-3H2,1H3;1-6H. The maximum absolute atomic E-state index is 13.8. The number of ether oxygens (including phenoxy) is 1. The van der Waals surface area contributed by atoms with Crippen LogP contribution >= 0.6 is 15.9 Å². The topological polar surface area (TPSA) is 49.7 Å². The fourth-order valence-corrected chi connectivity index (χ4v) is 3.86. The Balaban J connectivity index is 0.000000220. The maximum Gasteiger partial charge on any atom is 0.494 e. The highest BCUT2D eigenvalue weighted by Crippen LogP contribution is 2.33. The van der Waals surface area contributed by atoms with Gasteiger partial charge in [-0.1, -0.05) is 53.5 Å². The smallest absolute Gasteiger partial charge is 0.429 e. The molecule has 2 N–H and O–H groups in total. The minimum absolute atomic E-state index is 0.352. The summed E-state index contributed by atoms with van der Waals surface area (Å²) in [6.07, 6.45) is -1.82. The molecule has 0 radical (unpaired) electrons. The maximum atomic E-state index is 13.8. The van der Waals surface area contributed by atoms with Crippen LogP contribution in [0.1, 0.15) is 24.5 Å². The van der Waals surface area contributed by atoms with Crippen molar-refractivity contribution in [3.05, 3.63) is 117 Å². The number of halogens is 8. The molecule has 4 rings (SSSR count). The van der Waals surface area contributed by atoms with Crippen LogP contribution in [0.3, 0.4) is 0 Å². The van der Waals surface area contributed by atoms with Crippen molar-refractivity contribution < 1.29 is 45.5 Å². The highest BCUT2D eigenvalue weighted by atomic mass is 79.9. The van der Waals surface area contributed by atoms with Crippen molar-refractivity contribution in [2.75, 3.05) is 0 Å². The van der Waals surface area contributed by atoms with Gasteiger partial charge in [-0.2, -0.15) is 8.78 Å². The number of aryl methyl sites for hydroxylation is 1. The predicted octanol–water partition coefficient (Wildman–Crippen LogP) is 7.26. The molecule has 4 aromatic rings. The summed E-state index contributed by atoms with van der Waals surface area (Å²) >= 11 is 3.08. The Hall–Kier alpha value is -3.35. The number of hydrogen-bond donors (Lipinski definition) is 2. The fraction of sp³-hybridized carbons (Fsp3) is 0.143. The van der Waals surface area contributed by atoms with Crippen molar-refractivity contribution >= 4 is 28.5 Å². The zero-order valence-electron chi connectivity index (χ0n) is 20.7. The number of benzene rings is 4. The summed E-state index contributed by atoms with van der Waals surface area (Å²) in [7, 11) is -2.16. The zero-order valence-corrected chi connectivity index (χ0v) is 22.3. The van der Waals surface area contributed by atoms with E-state index in [2.05, 4.69) is 27.6 Å². The minimum Gasteiger partial charge on any atom is -0.429 e. The molecule has 3 nitrogen and oxygen atoms in total. The summed E-state index contributed by atoms with van der Waals surface area (Å²) in [4.78, 5) is 0. The van der Waals surface area contributed by atoms with Crippen molar-refractivity contribution in [1.82, 2.24) is 0 Å². The van der Waals surface area contributed by atoms with Crippen molar-refractivity contribution in [3.63, 3.8) is 0 Å². The molecule has 0 amide bonds. The first kappa shape index (κ1) is 31.2. The molecule has 0 saturated heterocycles. The van der Waals surface area contributed by atoms with Gasteiger partial charge < -0.3 is 14.8 Å². The van der Waals surface area contributed by atoms with Crippen LogP contribution in [0.15, 0.2) is 77.3 Å². The first-order valence-electron chi connectivity index (χ1n) is 11.7. The van der Waals surface area contributed by atoms with Gasteiger partial charge in [0, 0.05) is 16.6 Å². The summed E-state index contributed by atoms with van der Waals surface area (Å²) < 4.78 is 98.3. The second-order valence-electron chi connectivity index (χ2n) is 8.50. The van der Waals surface area contributed by atoms with E-state index in [-0.39, 0.29) is 0 Å². The van der Waals surface area contributed by atoms with Crippen LogP contribution < -0.4 is 10.2 Å². The molecule has 0 spiro atoms. The Kier molecular flexibility index (Phi) is 10.4. The Morgan fingerprint density at radius 3 is 1.75 bits per heavy atom. The summed E-state index contributed by atoms with van der Waals surface area (Å²) in [5.74, 6) is -7.70. The van der Waals surface area contributed by atoms with E-state index in [4.69, 9.17) is 10.0 Å². The molecule has 0 bridgehead atoms. The molecule has 0 aliphatic rings. The summed E-state index contributed by atoms with van der Waals surface area (Å²) in [5.41, 5.74) is 0.982. The van der Waals surface area contributed by atoms with Gasteiger partial charge in [-0.25, -0.2) is 22.0 Å². The van der Waals surface area contributed by atoms with Crippen LogP contribution in [0.4, 0.5) is 30.7 Å². The first-order valence-corrected chi connectivity index (χ1v) is 12.5. The van der Waals surface area contributed by atoms with Crippen molar-refractivity contribution in [2.45, 2.75) is 25.9 Å². The normalized spacial score (nSPS) is 11.1. The van der Waals surface area contributed by atoms with E-state index >= 15 is 0 Å². The lowest BCUT2D eigenvalue weighted by Crippen LogP contribution is -2.35. The molecule has 0 atom stereocenters. The molecule has 0 saturated carbocycles. The lowest BCUT2D eigenvalue weighted by molar-refractivity contribution is -0.185. The molecule has 0 aliphatic heterocycles. The van der Waals surface area contributed by atoms with E-state index in [1.807, 2.05) is 12.1 Å². The van der Waals surface area contributed by atoms with Crippen LogP contribution in [0.5, 0.6) is 5.75 Å². The van der Waals surface area contributed by atoms with Crippen LogP contribution in [-0.4, -0.2) is 17.2 Å². The Morgan fingerprint density at radius 1 is 0.750 bits per heavy atom. The van der Waals surface area contributed by atoms with E-state index in [9.17, 15) is 30.7 Å². The highest BCUT2D eigenvalue weighted by Gasteiger charge is 2.35. The van der Waals surface area contributed by atoms with Gasteiger partial charge in [-0.05, 0) is 59.5 Å². The third kappa shape index (κ3) is 7.86. The largest absolute Gasteiger partial charge is 0.494 e. The molecule has 40 heavy (non-hydrogen) atoms. The molecule has 0 heterocycles. The number of rotatable bonds is 7. The van der Waals surface area contributed by atoms with Gasteiger partial charge >= 0.3 is 13.2 Å². The van der Waals surface area contributed by atoms with Crippen LogP contribution in [0, 0.1) is 29.1 Å². The van der Waals surface area contributed by atoms with Gasteiger partial charge in [0.25, 0.3) is 0 Å².